The standard InChI is InChI=1S/C25H30N4O4/c1-17-7-12-22(24(30)27-20-5-3-2-4-6-20)23(26-17)18-13-15-28(16-14-18)25(31)19-8-10-21(11-9-19)29(32)33/h7-12,18,20H,2-6,13-16H2,1H3,(H,27,30). The third-order valence-corrected chi connectivity index (χ3v) is 6.74. The van der Waals surface area contributed by atoms with E-state index in [1.54, 1.807) is 4.90 Å². The Morgan fingerprint density at radius 1 is 1.00 bits per heavy atom. The number of hydrogen-bond donors (Lipinski definition) is 1. The largest absolute Gasteiger partial charge is 0.349 e. The van der Waals surface area contributed by atoms with Gasteiger partial charge in [0.1, 0.15) is 0 Å². The summed E-state index contributed by atoms with van der Waals surface area (Å²) in [4.78, 5) is 42.8. The van der Waals surface area contributed by atoms with E-state index in [4.69, 9.17) is 4.98 Å². The summed E-state index contributed by atoms with van der Waals surface area (Å²) in [6, 6.07) is 9.71. The van der Waals surface area contributed by atoms with Crippen molar-refractivity contribution < 1.29 is 14.5 Å². The minimum Gasteiger partial charge on any atom is -0.349 e. The van der Waals surface area contributed by atoms with Gasteiger partial charge in [-0.15, -0.1) is 0 Å². The maximum atomic E-state index is 13.1. The Kier molecular flexibility index (Phi) is 7.01. The second-order valence-electron chi connectivity index (χ2n) is 9.06. The summed E-state index contributed by atoms with van der Waals surface area (Å²) in [7, 11) is 0. The molecule has 1 aromatic carbocycles. The molecule has 8 nitrogen and oxygen atoms in total. The van der Waals surface area contributed by atoms with E-state index in [0.717, 1.165) is 49.9 Å². The molecule has 2 amide bonds. The van der Waals surface area contributed by atoms with Crippen molar-refractivity contribution >= 4 is 17.5 Å². The molecule has 0 spiro atoms. The van der Waals surface area contributed by atoms with E-state index in [1.807, 2.05) is 19.1 Å². The number of benzene rings is 1. The van der Waals surface area contributed by atoms with Crippen LogP contribution in [0, 0.1) is 17.0 Å². The Hall–Kier alpha value is -3.29. The average molecular weight is 451 g/mol. The number of nitrogens with one attached hydrogen (secondary N) is 1. The Labute approximate surface area is 193 Å². The second kappa shape index (κ2) is 10.1. The number of nitrogens with zero attached hydrogens (tertiary/aromatic N) is 3. The molecule has 1 aromatic heterocycles. The number of rotatable bonds is 5. The van der Waals surface area contributed by atoms with Crippen LogP contribution in [0.15, 0.2) is 36.4 Å². The molecular formula is C25H30N4O4. The smallest absolute Gasteiger partial charge is 0.269 e. The zero-order chi connectivity index (χ0) is 23.4. The highest BCUT2D eigenvalue weighted by molar-refractivity contribution is 5.96. The fraction of sp³-hybridized carbons (Fsp3) is 0.480. The molecule has 1 aliphatic carbocycles. The van der Waals surface area contributed by atoms with Gasteiger partial charge in [-0.1, -0.05) is 19.3 Å². The van der Waals surface area contributed by atoms with Crippen molar-refractivity contribution in [2.24, 2.45) is 0 Å². The molecule has 174 valence electrons. The number of aryl methyl sites for hydroxylation is 1. The van der Waals surface area contributed by atoms with Crippen molar-refractivity contribution in [2.45, 2.75) is 63.8 Å². The number of carbonyl (C=O) groups excluding carboxylic acids is 2. The molecule has 0 atom stereocenters. The van der Waals surface area contributed by atoms with Crippen molar-refractivity contribution in [1.82, 2.24) is 15.2 Å². The molecule has 8 heteroatoms. The molecule has 0 bridgehead atoms. The van der Waals surface area contributed by atoms with Crippen LogP contribution in [0.5, 0.6) is 0 Å². The molecular weight excluding hydrogens is 420 g/mol. The van der Waals surface area contributed by atoms with Gasteiger partial charge < -0.3 is 10.2 Å². The van der Waals surface area contributed by atoms with Crippen LogP contribution in [0.2, 0.25) is 0 Å². The first-order valence-electron chi connectivity index (χ1n) is 11.7. The normalized spacial score (nSPS) is 17.5. The van der Waals surface area contributed by atoms with Crippen LogP contribution in [-0.2, 0) is 0 Å². The molecule has 1 aliphatic heterocycles. The van der Waals surface area contributed by atoms with Crippen LogP contribution in [0.3, 0.4) is 0 Å². The average Bonchev–Trinajstić information content (AvgIpc) is 2.84. The topological polar surface area (TPSA) is 105 Å². The Bertz CT molecular complexity index is 1020. The van der Waals surface area contributed by atoms with E-state index in [0.29, 0.717) is 24.2 Å². The predicted octanol–water partition coefficient (Wildman–Crippen LogP) is 4.38. The number of hydrogen-bond acceptors (Lipinski definition) is 5. The van der Waals surface area contributed by atoms with Gasteiger partial charge in [0.15, 0.2) is 0 Å². The molecule has 2 aromatic rings. The lowest BCUT2D eigenvalue weighted by Crippen LogP contribution is -2.39. The zero-order valence-electron chi connectivity index (χ0n) is 19.0. The Balaban J connectivity index is 1.42. The lowest BCUT2D eigenvalue weighted by Gasteiger charge is -2.32. The van der Waals surface area contributed by atoms with Gasteiger partial charge >= 0.3 is 0 Å². The van der Waals surface area contributed by atoms with Crippen LogP contribution in [0.1, 0.15) is 83.0 Å². The molecule has 0 radical (unpaired) electrons. The van der Waals surface area contributed by atoms with E-state index in [9.17, 15) is 19.7 Å². The van der Waals surface area contributed by atoms with Gasteiger partial charge in [0.05, 0.1) is 16.2 Å². The van der Waals surface area contributed by atoms with Crippen LogP contribution in [0.4, 0.5) is 5.69 Å². The summed E-state index contributed by atoms with van der Waals surface area (Å²) in [6.07, 6.45) is 7.06. The van der Waals surface area contributed by atoms with E-state index in [-0.39, 0.29) is 29.5 Å². The summed E-state index contributed by atoms with van der Waals surface area (Å²) >= 11 is 0. The number of pyridine rings is 1. The van der Waals surface area contributed by atoms with Gasteiger partial charge in [-0.25, -0.2) is 0 Å². The third kappa shape index (κ3) is 5.38. The summed E-state index contributed by atoms with van der Waals surface area (Å²) in [5.74, 6) is -0.0671. The number of piperidine rings is 1. The van der Waals surface area contributed by atoms with E-state index >= 15 is 0 Å². The fourth-order valence-electron chi connectivity index (χ4n) is 4.85. The lowest BCUT2D eigenvalue weighted by atomic mass is 9.89. The molecule has 1 saturated carbocycles. The number of nitro benzene ring substituents is 1. The summed E-state index contributed by atoms with van der Waals surface area (Å²) in [5.41, 5.74) is 2.76. The van der Waals surface area contributed by atoms with E-state index < -0.39 is 4.92 Å². The lowest BCUT2D eigenvalue weighted by molar-refractivity contribution is -0.384. The van der Waals surface area contributed by atoms with Gasteiger partial charge in [0, 0.05) is 48.4 Å². The van der Waals surface area contributed by atoms with Gasteiger partial charge in [-0.3, -0.25) is 24.7 Å². The number of aromatic nitrogens is 1. The highest BCUT2D eigenvalue weighted by atomic mass is 16.6. The quantitative estimate of drug-likeness (QED) is 0.537. The fourth-order valence-corrected chi connectivity index (χ4v) is 4.85. The van der Waals surface area contributed by atoms with E-state index in [2.05, 4.69) is 5.32 Å². The number of nitro groups is 1. The van der Waals surface area contributed by atoms with Crippen LogP contribution in [0.25, 0.3) is 0 Å². The minimum absolute atomic E-state index is 0.0326. The number of carbonyl (C=O) groups is 2. The Morgan fingerprint density at radius 3 is 2.30 bits per heavy atom. The number of non-ortho nitro benzene ring substituents is 1. The minimum atomic E-state index is -0.476. The van der Waals surface area contributed by atoms with Crippen molar-refractivity contribution in [1.29, 1.82) is 0 Å². The van der Waals surface area contributed by atoms with Gasteiger partial charge in [0.25, 0.3) is 17.5 Å². The second-order valence-corrected chi connectivity index (χ2v) is 9.06. The van der Waals surface area contributed by atoms with Crippen LogP contribution in [-0.4, -0.2) is 45.8 Å². The Morgan fingerprint density at radius 2 is 1.67 bits per heavy atom. The van der Waals surface area contributed by atoms with Crippen molar-refractivity contribution in [2.75, 3.05) is 13.1 Å². The van der Waals surface area contributed by atoms with E-state index in [1.165, 1.54) is 30.7 Å². The zero-order valence-corrected chi connectivity index (χ0v) is 19.0. The van der Waals surface area contributed by atoms with Crippen molar-refractivity contribution in [3.05, 3.63) is 69.0 Å². The molecule has 2 fully saturated rings. The molecule has 2 heterocycles. The van der Waals surface area contributed by atoms with Crippen molar-refractivity contribution in [3.8, 4) is 0 Å². The summed E-state index contributed by atoms with van der Waals surface area (Å²) < 4.78 is 0. The molecule has 0 unspecified atom stereocenters. The first-order chi connectivity index (χ1) is 15.9. The number of likely N-dealkylation sites (tertiary alicyclic amines) is 1. The maximum Gasteiger partial charge on any atom is 0.269 e. The van der Waals surface area contributed by atoms with Crippen molar-refractivity contribution in [3.63, 3.8) is 0 Å². The first-order valence-corrected chi connectivity index (χ1v) is 11.7. The van der Waals surface area contributed by atoms with Crippen LogP contribution < -0.4 is 5.32 Å². The summed E-state index contributed by atoms with van der Waals surface area (Å²) in [5, 5.41) is 14.0. The van der Waals surface area contributed by atoms with Crippen LogP contribution >= 0.6 is 0 Å². The highest BCUT2D eigenvalue weighted by Crippen LogP contribution is 2.30. The molecule has 33 heavy (non-hydrogen) atoms. The summed E-state index contributed by atoms with van der Waals surface area (Å²) in [6.45, 7) is 3.04. The third-order valence-electron chi connectivity index (χ3n) is 6.74. The maximum absolute atomic E-state index is 13.1. The molecule has 1 N–H and O–H groups in total. The van der Waals surface area contributed by atoms with Gasteiger partial charge in [0.2, 0.25) is 0 Å². The molecule has 1 saturated heterocycles. The predicted molar refractivity (Wildman–Crippen MR) is 124 cm³/mol. The number of amides is 2. The van der Waals surface area contributed by atoms with Gasteiger partial charge in [-0.05, 0) is 56.9 Å². The molecule has 2 aliphatic rings. The van der Waals surface area contributed by atoms with Gasteiger partial charge in [-0.2, -0.15) is 0 Å². The molecule has 4 rings (SSSR count). The monoisotopic (exact) mass is 450 g/mol. The SMILES string of the molecule is Cc1ccc(C(=O)NC2CCCCC2)c(C2CCN(C(=O)c3ccc([N+](=O)[O-])cc3)CC2)n1. The highest BCUT2D eigenvalue weighted by Gasteiger charge is 2.29. The first kappa shape index (κ1) is 22.9.